The molecule has 53 heavy (non-hydrogen) atoms. The topological polar surface area (TPSA) is 49.9 Å². The first-order valence-electron chi connectivity index (χ1n) is 17.9. The Morgan fingerprint density at radius 2 is 0.849 bits per heavy atom. The van der Waals surface area contributed by atoms with Crippen molar-refractivity contribution in [3.8, 4) is 33.4 Å². The molecule has 10 rings (SSSR count). The maximum atomic E-state index is 6.26. The van der Waals surface area contributed by atoms with Crippen LogP contribution in [0.15, 0.2) is 202 Å². The van der Waals surface area contributed by atoms with Gasteiger partial charge in [0.2, 0.25) is 0 Å². The molecule has 0 aliphatic carbocycles. The average Bonchev–Trinajstić information content (AvgIpc) is 3.63. The maximum Gasteiger partial charge on any atom is 0.170 e. The SMILES string of the molecule is c1ccc(C2=NC(c3ccc(-c4cccc5oc6ccccc6c45)c4ccccc34)N=C(c3ccc(-c4ccc(-c5ccccc5)cc4)cc3)N2)cc1. The van der Waals surface area contributed by atoms with Gasteiger partial charge in [0.25, 0.3) is 0 Å². The molecule has 1 atom stereocenters. The number of nitrogens with one attached hydrogen (secondary N) is 1. The Balaban J connectivity index is 1.05. The number of nitrogens with zero attached hydrogens (tertiary/aromatic N) is 2. The molecule has 8 aromatic carbocycles. The van der Waals surface area contributed by atoms with Gasteiger partial charge in [-0.2, -0.15) is 0 Å². The lowest BCUT2D eigenvalue weighted by molar-refractivity contribution is 0.669. The van der Waals surface area contributed by atoms with E-state index in [4.69, 9.17) is 14.4 Å². The number of fused-ring (bicyclic) bond motifs is 4. The van der Waals surface area contributed by atoms with E-state index in [1.807, 2.05) is 36.4 Å². The van der Waals surface area contributed by atoms with Crippen LogP contribution in [0.1, 0.15) is 22.9 Å². The number of furan rings is 1. The number of amidine groups is 2. The minimum absolute atomic E-state index is 0.448. The van der Waals surface area contributed by atoms with Crippen LogP contribution in [0.3, 0.4) is 0 Å². The Bertz CT molecular complexity index is 2830. The van der Waals surface area contributed by atoms with Gasteiger partial charge < -0.3 is 9.73 Å². The summed E-state index contributed by atoms with van der Waals surface area (Å²) in [5.74, 6) is 1.58. The lowest BCUT2D eigenvalue weighted by atomic mass is 9.91. The molecule has 0 saturated heterocycles. The van der Waals surface area contributed by atoms with Gasteiger partial charge in [0, 0.05) is 27.5 Å². The highest BCUT2D eigenvalue weighted by molar-refractivity contribution is 6.17. The Morgan fingerprint density at radius 3 is 1.51 bits per heavy atom. The summed E-state index contributed by atoms with van der Waals surface area (Å²) in [5.41, 5.74) is 11.9. The monoisotopic (exact) mass is 679 g/mol. The number of aliphatic imine (C=N–C) groups is 2. The molecule has 1 aliphatic rings. The van der Waals surface area contributed by atoms with E-state index in [1.54, 1.807) is 0 Å². The van der Waals surface area contributed by atoms with Crippen molar-refractivity contribution < 1.29 is 4.42 Å². The van der Waals surface area contributed by atoms with Gasteiger partial charge in [-0.15, -0.1) is 0 Å². The molecule has 4 heteroatoms. The van der Waals surface area contributed by atoms with Crippen molar-refractivity contribution in [2.75, 3.05) is 0 Å². The van der Waals surface area contributed by atoms with Gasteiger partial charge in [-0.1, -0.05) is 176 Å². The molecule has 1 unspecified atom stereocenters. The van der Waals surface area contributed by atoms with E-state index >= 15 is 0 Å². The lowest BCUT2D eigenvalue weighted by Crippen LogP contribution is -2.36. The standard InChI is InChI=1S/C49H33N3O/c1-3-12-32(13-4-1)33-22-24-34(25-23-33)35-26-28-37(29-27-35)48-50-47(36-14-5-2-6-15-36)51-49(52-48)42-31-30-40(38-16-7-8-17-39(38)42)41-19-11-21-45-46(41)43-18-9-10-20-44(43)53-45/h1-31,49H,(H,50,51,52). The van der Waals surface area contributed by atoms with Crippen LogP contribution in [-0.2, 0) is 0 Å². The summed E-state index contributed by atoms with van der Waals surface area (Å²) < 4.78 is 6.26. The third-order valence-electron chi connectivity index (χ3n) is 10.2. The molecule has 2 heterocycles. The van der Waals surface area contributed by atoms with E-state index in [1.165, 1.54) is 16.7 Å². The molecule has 0 saturated carbocycles. The summed E-state index contributed by atoms with van der Waals surface area (Å²) >= 11 is 0. The van der Waals surface area contributed by atoms with Crippen LogP contribution in [0.25, 0.3) is 66.1 Å². The van der Waals surface area contributed by atoms with Gasteiger partial charge in [-0.25, -0.2) is 9.98 Å². The molecular formula is C49H33N3O. The van der Waals surface area contributed by atoms with E-state index in [0.717, 1.165) is 77.8 Å². The van der Waals surface area contributed by atoms with Crippen LogP contribution < -0.4 is 5.32 Å². The van der Waals surface area contributed by atoms with Crippen LogP contribution in [0, 0.1) is 0 Å². The Morgan fingerprint density at radius 1 is 0.358 bits per heavy atom. The highest BCUT2D eigenvalue weighted by Crippen LogP contribution is 2.41. The third kappa shape index (κ3) is 5.58. The van der Waals surface area contributed by atoms with E-state index in [9.17, 15) is 0 Å². The number of rotatable bonds is 6. The molecule has 250 valence electrons. The molecule has 0 radical (unpaired) electrons. The van der Waals surface area contributed by atoms with E-state index in [-0.39, 0.29) is 0 Å². The number of para-hydroxylation sites is 1. The minimum atomic E-state index is -0.448. The normalized spacial score (nSPS) is 14.2. The number of hydrogen-bond donors (Lipinski definition) is 1. The zero-order valence-electron chi connectivity index (χ0n) is 28.8. The van der Waals surface area contributed by atoms with Gasteiger partial charge in [0.1, 0.15) is 22.8 Å². The predicted molar refractivity (Wildman–Crippen MR) is 219 cm³/mol. The lowest BCUT2D eigenvalue weighted by Gasteiger charge is -2.24. The average molecular weight is 680 g/mol. The van der Waals surface area contributed by atoms with Crippen LogP contribution in [0.2, 0.25) is 0 Å². The van der Waals surface area contributed by atoms with Crippen LogP contribution in [-0.4, -0.2) is 11.7 Å². The van der Waals surface area contributed by atoms with Crippen molar-refractivity contribution in [1.82, 2.24) is 5.32 Å². The third-order valence-corrected chi connectivity index (χ3v) is 10.2. The zero-order chi connectivity index (χ0) is 35.1. The summed E-state index contributed by atoms with van der Waals surface area (Å²) in [6.45, 7) is 0. The first kappa shape index (κ1) is 30.8. The first-order chi connectivity index (χ1) is 26.3. The molecule has 0 spiro atoms. The second-order valence-electron chi connectivity index (χ2n) is 13.4. The van der Waals surface area contributed by atoms with Crippen molar-refractivity contribution >= 4 is 44.4 Å². The largest absolute Gasteiger partial charge is 0.456 e. The van der Waals surface area contributed by atoms with E-state index in [2.05, 4.69) is 157 Å². The molecular weight excluding hydrogens is 647 g/mol. The summed E-state index contributed by atoms with van der Waals surface area (Å²) in [6.07, 6.45) is -0.448. The fourth-order valence-electron chi connectivity index (χ4n) is 7.57. The fourth-order valence-corrected chi connectivity index (χ4v) is 7.57. The molecule has 9 aromatic rings. The summed E-state index contributed by atoms with van der Waals surface area (Å²) in [5, 5.41) is 8.10. The summed E-state index contributed by atoms with van der Waals surface area (Å²) in [7, 11) is 0. The molecule has 1 aliphatic heterocycles. The van der Waals surface area contributed by atoms with Crippen molar-refractivity contribution in [2.45, 2.75) is 6.17 Å². The molecule has 0 bridgehead atoms. The summed E-state index contributed by atoms with van der Waals surface area (Å²) in [6, 6.07) is 65.8. The molecule has 1 N–H and O–H groups in total. The number of benzene rings is 8. The second-order valence-corrected chi connectivity index (χ2v) is 13.4. The fraction of sp³-hybridized carbons (Fsp3) is 0.0204. The molecule has 1 aromatic heterocycles. The van der Waals surface area contributed by atoms with E-state index < -0.39 is 6.17 Å². The van der Waals surface area contributed by atoms with Crippen molar-refractivity contribution in [3.63, 3.8) is 0 Å². The molecule has 0 amide bonds. The quantitative estimate of drug-likeness (QED) is 0.190. The Hall–Kier alpha value is -7.04. The van der Waals surface area contributed by atoms with Crippen LogP contribution in [0.4, 0.5) is 0 Å². The van der Waals surface area contributed by atoms with E-state index in [0.29, 0.717) is 0 Å². The number of hydrogen-bond acceptors (Lipinski definition) is 4. The van der Waals surface area contributed by atoms with Gasteiger partial charge in [-0.05, 0) is 56.3 Å². The van der Waals surface area contributed by atoms with Crippen molar-refractivity contribution in [3.05, 3.63) is 205 Å². The molecule has 4 nitrogen and oxygen atoms in total. The highest BCUT2D eigenvalue weighted by Gasteiger charge is 2.23. The van der Waals surface area contributed by atoms with Crippen LogP contribution in [0.5, 0.6) is 0 Å². The zero-order valence-corrected chi connectivity index (χ0v) is 28.8. The second kappa shape index (κ2) is 12.9. The molecule has 0 fully saturated rings. The summed E-state index contributed by atoms with van der Waals surface area (Å²) in [4.78, 5) is 10.5. The van der Waals surface area contributed by atoms with Crippen molar-refractivity contribution in [1.29, 1.82) is 0 Å². The smallest absolute Gasteiger partial charge is 0.170 e. The van der Waals surface area contributed by atoms with Crippen LogP contribution >= 0.6 is 0 Å². The Labute approximate surface area is 307 Å². The van der Waals surface area contributed by atoms with Gasteiger partial charge in [0.05, 0.1) is 0 Å². The Kier molecular flexibility index (Phi) is 7.51. The minimum Gasteiger partial charge on any atom is -0.456 e. The van der Waals surface area contributed by atoms with Gasteiger partial charge in [-0.3, -0.25) is 0 Å². The van der Waals surface area contributed by atoms with Gasteiger partial charge >= 0.3 is 0 Å². The highest BCUT2D eigenvalue weighted by atomic mass is 16.3. The predicted octanol–water partition coefficient (Wildman–Crippen LogP) is 12.2. The first-order valence-corrected chi connectivity index (χ1v) is 17.9. The van der Waals surface area contributed by atoms with Gasteiger partial charge in [0.15, 0.2) is 6.17 Å². The maximum absolute atomic E-state index is 6.26. The van der Waals surface area contributed by atoms with Crippen molar-refractivity contribution in [2.24, 2.45) is 9.98 Å².